The Morgan fingerprint density at radius 1 is 1.31 bits per heavy atom. The first-order valence-electron chi connectivity index (χ1n) is 4.61. The number of benzene rings is 1. The lowest BCUT2D eigenvalue weighted by molar-refractivity contribution is 0.111. The average Bonchev–Trinajstić information content (AvgIpc) is 2.41. The van der Waals surface area contributed by atoms with E-state index in [2.05, 4.69) is 0 Å². The molecular weight excluding hydrogens is 164 g/mol. The topological polar surface area (TPSA) is 26.3 Å². The van der Waals surface area contributed by atoms with E-state index < -0.39 is 0 Å². The molecule has 0 atom stereocenters. The Hall–Kier alpha value is -1.31. The average molecular weight is 176 g/mol. The van der Waals surface area contributed by atoms with Crippen molar-refractivity contribution >= 4 is 6.29 Å². The van der Waals surface area contributed by atoms with Crippen LogP contribution in [0.1, 0.15) is 28.8 Å². The smallest absolute Gasteiger partial charge is 0.153 e. The van der Waals surface area contributed by atoms with Gasteiger partial charge in [-0.25, -0.2) is 0 Å². The highest BCUT2D eigenvalue weighted by Crippen LogP contribution is 2.26. The molecule has 0 saturated heterocycles. The fourth-order valence-electron chi connectivity index (χ4n) is 1.66. The lowest BCUT2D eigenvalue weighted by atomic mass is 10.1. The van der Waals surface area contributed by atoms with Gasteiger partial charge in [-0.15, -0.1) is 0 Å². The van der Waals surface area contributed by atoms with Gasteiger partial charge in [0.15, 0.2) is 6.29 Å². The summed E-state index contributed by atoms with van der Waals surface area (Å²) in [6.45, 7) is 0.734. The van der Waals surface area contributed by atoms with Crippen LogP contribution in [0.4, 0.5) is 0 Å². The Bertz CT molecular complexity index is 318. The number of carbonyl (C=O) groups excluding carboxylic acids is 1. The minimum Gasteiger partial charge on any atom is -0.493 e. The zero-order valence-electron chi connectivity index (χ0n) is 7.45. The van der Waals surface area contributed by atoms with Gasteiger partial charge in [0.2, 0.25) is 0 Å². The van der Waals surface area contributed by atoms with Crippen molar-refractivity contribution < 1.29 is 9.53 Å². The van der Waals surface area contributed by atoms with Crippen LogP contribution in [0.3, 0.4) is 0 Å². The summed E-state index contributed by atoms with van der Waals surface area (Å²) in [5.41, 5.74) is 1.85. The molecule has 2 heteroatoms. The highest BCUT2D eigenvalue weighted by Gasteiger charge is 2.11. The van der Waals surface area contributed by atoms with Crippen LogP contribution in [0.15, 0.2) is 18.2 Å². The fourth-order valence-corrected chi connectivity index (χ4v) is 1.66. The first-order valence-corrected chi connectivity index (χ1v) is 4.61. The predicted octanol–water partition coefficient (Wildman–Crippen LogP) is 2.21. The van der Waals surface area contributed by atoms with Gasteiger partial charge in [0.25, 0.3) is 0 Å². The molecule has 1 aliphatic rings. The second-order valence-electron chi connectivity index (χ2n) is 3.26. The molecule has 0 aliphatic carbocycles. The minimum atomic E-state index is 0.680. The van der Waals surface area contributed by atoms with E-state index in [1.165, 1.54) is 5.56 Å². The van der Waals surface area contributed by atoms with E-state index in [1.807, 2.05) is 12.1 Å². The van der Waals surface area contributed by atoms with Gasteiger partial charge in [-0.2, -0.15) is 0 Å². The zero-order chi connectivity index (χ0) is 9.10. The van der Waals surface area contributed by atoms with E-state index in [4.69, 9.17) is 4.74 Å². The molecule has 0 spiro atoms. The molecule has 0 amide bonds. The van der Waals surface area contributed by atoms with E-state index in [0.717, 1.165) is 37.9 Å². The summed E-state index contributed by atoms with van der Waals surface area (Å²) < 4.78 is 5.54. The first-order chi connectivity index (χ1) is 6.42. The number of carbonyl (C=O) groups is 1. The lowest BCUT2D eigenvalue weighted by Crippen LogP contribution is -1.98. The number of fused-ring (bicyclic) bond motifs is 1. The summed E-state index contributed by atoms with van der Waals surface area (Å²) >= 11 is 0. The third kappa shape index (κ3) is 1.57. The molecule has 1 aromatic rings. The van der Waals surface area contributed by atoms with Crippen molar-refractivity contribution in [2.75, 3.05) is 6.61 Å². The third-order valence-corrected chi connectivity index (χ3v) is 2.34. The van der Waals surface area contributed by atoms with E-state index in [-0.39, 0.29) is 0 Å². The van der Waals surface area contributed by atoms with Crippen LogP contribution in [0.2, 0.25) is 0 Å². The molecule has 0 fully saturated rings. The predicted molar refractivity (Wildman–Crippen MR) is 50.3 cm³/mol. The van der Waals surface area contributed by atoms with Crippen LogP contribution in [-0.4, -0.2) is 12.9 Å². The molecule has 0 aromatic heterocycles. The third-order valence-electron chi connectivity index (χ3n) is 2.34. The number of hydrogen-bond acceptors (Lipinski definition) is 2. The molecule has 1 aliphatic heterocycles. The SMILES string of the molecule is O=Cc1cccc2c1OCCCC2. The van der Waals surface area contributed by atoms with Crippen LogP contribution in [0.5, 0.6) is 5.75 Å². The molecule has 0 unspecified atom stereocenters. The summed E-state index contributed by atoms with van der Waals surface area (Å²) in [4.78, 5) is 10.7. The Morgan fingerprint density at radius 3 is 3.08 bits per heavy atom. The first kappa shape index (κ1) is 8.30. The summed E-state index contributed by atoms with van der Waals surface area (Å²) in [6, 6.07) is 5.75. The summed E-state index contributed by atoms with van der Waals surface area (Å²) in [6.07, 6.45) is 4.11. The second kappa shape index (κ2) is 3.60. The number of aryl methyl sites for hydroxylation is 1. The molecule has 0 N–H and O–H groups in total. The number of hydrogen-bond donors (Lipinski definition) is 0. The standard InChI is InChI=1S/C11H12O2/c12-8-10-6-3-5-9-4-1-2-7-13-11(9)10/h3,5-6,8H,1-2,4,7H2. The molecule has 1 heterocycles. The number of aldehydes is 1. The summed E-state index contributed by atoms with van der Waals surface area (Å²) in [5.74, 6) is 0.801. The monoisotopic (exact) mass is 176 g/mol. The van der Waals surface area contributed by atoms with Crippen LogP contribution >= 0.6 is 0 Å². The van der Waals surface area contributed by atoms with Crippen molar-refractivity contribution in [2.24, 2.45) is 0 Å². The molecule has 13 heavy (non-hydrogen) atoms. The molecule has 2 nitrogen and oxygen atoms in total. The molecule has 0 radical (unpaired) electrons. The van der Waals surface area contributed by atoms with Gasteiger partial charge in [0.05, 0.1) is 12.2 Å². The van der Waals surface area contributed by atoms with Crippen LogP contribution in [0, 0.1) is 0 Å². The highest BCUT2D eigenvalue weighted by molar-refractivity contribution is 5.80. The van der Waals surface area contributed by atoms with Gasteiger partial charge >= 0.3 is 0 Å². The largest absolute Gasteiger partial charge is 0.493 e. The Morgan fingerprint density at radius 2 is 2.23 bits per heavy atom. The Kier molecular flexibility index (Phi) is 2.30. The maximum absolute atomic E-state index is 10.7. The van der Waals surface area contributed by atoms with Gasteiger partial charge < -0.3 is 4.74 Å². The summed E-state index contributed by atoms with van der Waals surface area (Å²) in [5, 5.41) is 0. The molecule has 0 saturated carbocycles. The number of ether oxygens (including phenoxy) is 1. The quantitative estimate of drug-likeness (QED) is 0.613. The normalized spacial score (nSPS) is 15.4. The maximum Gasteiger partial charge on any atom is 0.153 e. The van der Waals surface area contributed by atoms with Gasteiger partial charge in [-0.3, -0.25) is 4.79 Å². The molecule has 1 aromatic carbocycles. The van der Waals surface area contributed by atoms with Crippen LogP contribution in [-0.2, 0) is 6.42 Å². The van der Waals surface area contributed by atoms with Gasteiger partial charge in [-0.1, -0.05) is 12.1 Å². The van der Waals surface area contributed by atoms with Crippen molar-refractivity contribution in [3.05, 3.63) is 29.3 Å². The highest BCUT2D eigenvalue weighted by atomic mass is 16.5. The molecule has 68 valence electrons. The van der Waals surface area contributed by atoms with Crippen molar-refractivity contribution in [1.29, 1.82) is 0 Å². The number of para-hydroxylation sites is 1. The van der Waals surface area contributed by atoms with E-state index in [9.17, 15) is 4.79 Å². The van der Waals surface area contributed by atoms with E-state index in [1.54, 1.807) is 6.07 Å². The van der Waals surface area contributed by atoms with Gasteiger partial charge in [0, 0.05) is 0 Å². The van der Waals surface area contributed by atoms with Crippen molar-refractivity contribution in [3.8, 4) is 5.75 Å². The Labute approximate surface area is 77.5 Å². The van der Waals surface area contributed by atoms with E-state index >= 15 is 0 Å². The van der Waals surface area contributed by atoms with Crippen molar-refractivity contribution in [1.82, 2.24) is 0 Å². The molecule has 2 rings (SSSR count). The van der Waals surface area contributed by atoms with Gasteiger partial charge in [-0.05, 0) is 30.9 Å². The zero-order valence-corrected chi connectivity index (χ0v) is 7.45. The van der Waals surface area contributed by atoms with Gasteiger partial charge in [0.1, 0.15) is 5.75 Å². The van der Waals surface area contributed by atoms with Crippen molar-refractivity contribution in [2.45, 2.75) is 19.3 Å². The lowest BCUT2D eigenvalue weighted by Gasteiger charge is -2.08. The maximum atomic E-state index is 10.7. The fraction of sp³-hybridized carbons (Fsp3) is 0.364. The van der Waals surface area contributed by atoms with E-state index in [0.29, 0.717) is 5.56 Å². The van der Waals surface area contributed by atoms with Crippen LogP contribution in [0.25, 0.3) is 0 Å². The molecule has 0 bridgehead atoms. The minimum absolute atomic E-state index is 0.680. The molecular formula is C11H12O2. The second-order valence-corrected chi connectivity index (χ2v) is 3.26. The Balaban J connectivity index is 2.45. The van der Waals surface area contributed by atoms with Crippen LogP contribution < -0.4 is 4.74 Å². The van der Waals surface area contributed by atoms with Crippen molar-refractivity contribution in [3.63, 3.8) is 0 Å². The summed E-state index contributed by atoms with van der Waals surface area (Å²) in [7, 11) is 0. The number of rotatable bonds is 1.